The molecule has 5 heteroatoms. The van der Waals surface area contributed by atoms with Gasteiger partial charge in [0.25, 0.3) is 0 Å². The number of aromatic nitrogens is 2. The summed E-state index contributed by atoms with van der Waals surface area (Å²) in [5.74, 6) is 1.02. The number of nitrogens with two attached hydrogens (primary N) is 1. The van der Waals surface area contributed by atoms with E-state index in [1.54, 1.807) is 4.68 Å². The molecule has 0 bridgehead atoms. The molecule has 3 nitrogen and oxygen atoms in total. The fourth-order valence-corrected chi connectivity index (χ4v) is 2.41. The molecule has 0 aliphatic heterocycles. The van der Waals surface area contributed by atoms with Crippen molar-refractivity contribution in [2.45, 2.75) is 19.8 Å². The maximum Gasteiger partial charge on any atom is 0.125 e. The highest BCUT2D eigenvalue weighted by molar-refractivity contribution is 9.10. The van der Waals surface area contributed by atoms with Gasteiger partial charge in [-0.1, -0.05) is 31.5 Å². The molecule has 0 saturated heterocycles. The first-order valence-corrected chi connectivity index (χ1v) is 6.86. The maximum absolute atomic E-state index is 6.13. The van der Waals surface area contributed by atoms with Crippen LogP contribution in [0.5, 0.6) is 0 Å². The zero-order valence-electron chi connectivity index (χ0n) is 10.5. The standard InChI is InChI=1S/C13H15BrClN3/c1-7(2)11-12(17-18(3)13(11)16)8-4-5-9(14)10(15)6-8/h4-7H,16H2,1-3H3. The normalized spacial score (nSPS) is 11.2. The van der Waals surface area contributed by atoms with Gasteiger partial charge in [-0.05, 0) is 34.0 Å². The van der Waals surface area contributed by atoms with Gasteiger partial charge in [-0.3, -0.25) is 4.68 Å². The summed E-state index contributed by atoms with van der Waals surface area (Å²) in [6.45, 7) is 4.22. The summed E-state index contributed by atoms with van der Waals surface area (Å²) < 4.78 is 2.59. The molecule has 0 fully saturated rings. The van der Waals surface area contributed by atoms with Crippen LogP contribution in [0, 0.1) is 0 Å². The minimum atomic E-state index is 0.316. The minimum absolute atomic E-state index is 0.316. The van der Waals surface area contributed by atoms with E-state index in [0.717, 1.165) is 21.3 Å². The number of nitrogen functional groups attached to an aromatic ring is 1. The van der Waals surface area contributed by atoms with Crippen molar-refractivity contribution in [1.29, 1.82) is 0 Å². The SMILES string of the molecule is CC(C)c1c(-c2ccc(Br)c(Cl)c2)nn(C)c1N. The average molecular weight is 329 g/mol. The molecule has 0 aliphatic rings. The lowest BCUT2D eigenvalue weighted by molar-refractivity contribution is 0.780. The molecule has 0 atom stereocenters. The van der Waals surface area contributed by atoms with Gasteiger partial charge < -0.3 is 5.73 Å². The first kappa shape index (κ1) is 13.4. The Morgan fingerprint density at radius 1 is 1.39 bits per heavy atom. The van der Waals surface area contributed by atoms with Crippen LogP contribution in [0.15, 0.2) is 22.7 Å². The van der Waals surface area contributed by atoms with Crippen molar-refractivity contribution in [3.63, 3.8) is 0 Å². The van der Waals surface area contributed by atoms with E-state index in [2.05, 4.69) is 34.9 Å². The number of rotatable bonds is 2. The molecule has 2 rings (SSSR count). The summed E-state index contributed by atoms with van der Waals surface area (Å²) >= 11 is 9.52. The minimum Gasteiger partial charge on any atom is -0.384 e. The second-order valence-electron chi connectivity index (χ2n) is 4.55. The van der Waals surface area contributed by atoms with Crippen molar-refractivity contribution in [3.05, 3.63) is 33.3 Å². The van der Waals surface area contributed by atoms with Crippen LogP contribution < -0.4 is 5.73 Å². The van der Waals surface area contributed by atoms with Gasteiger partial charge in [-0.2, -0.15) is 5.10 Å². The van der Waals surface area contributed by atoms with Gasteiger partial charge >= 0.3 is 0 Å². The van der Waals surface area contributed by atoms with Gasteiger partial charge in [0.2, 0.25) is 0 Å². The van der Waals surface area contributed by atoms with Crippen molar-refractivity contribution < 1.29 is 0 Å². The lowest BCUT2D eigenvalue weighted by Gasteiger charge is -2.08. The summed E-state index contributed by atoms with van der Waals surface area (Å²) in [5, 5.41) is 5.16. The highest BCUT2D eigenvalue weighted by Gasteiger charge is 2.18. The Kier molecular flexibility index (Phi) is 3.69. The maximum atomic E-state index is 6.13. The molecule has 18 heavy (non-hydrogen) atoms. The summed E-state index contributed by atoms with van der Waals surface area (Å²) in [7, 11) is 1.85. The summed E-state index contributed by atoms with van der Waals surface area (Å²) in [4.78, 5) is 0. The van der Waals surface area contributed by atoms with E-state index in [4.69, 9.17) is 17.3 Å². The molecule has 0 amide bonds. The van der Waals surface area contributed by atoms with Crippen molar-refractivity contribution >= 4 is 33.3 Å². The molecule has 1 heterocycles. The second kappa shape index (κ2) is 4.94. The van der Waals surface area contributed by atoms with Crippen LogP contribution in [0.1, 0.15) is 25.3 Å². The largest absolute Gasteiger partial charge is 0.384 e. The fraction of sp³-hybridized carbons (Fsp3) is 0.308. The summed E-state index contributed by atoms with van der Waals surface area (Å²) in [6.07, 6.45) is 0. The Hall–Kier alpha value is -1.00. The molecule has 0 saturated carbocycles. The molecule has 2 aromatic rings. The van der Waals surface area contributed by atoms with E-state index in [-0.39, 0.29) is 0 Å². The van der Waals surface area contributed by atoms with Gasteiger partial charge in [0, 0.05) is 22.6 Å². The first-order chi connectivity index (χ1) is 8.41. The average Bonchev–Trinajstić information content (AvgIpc) is 2.59. The monoisotopic (exact) mass is 327 g/mol. The Morgan fingerprint density at radius 3 is 2.61 bits per heavy atom. The highest BCUT2D eigenvalue weighted by Crippen LogP contribution is 2.35. The van der Waals surface area contributed by atoms with Crippen molar-refractivity contribution in [1.82, 2.24) is 9.78 Å². The van der Waals surface area contributed by atoms with Gasteiger partial charge in [0.05, 0.1) is 10.7 Å². The Bertz CT molecular complexity index is 590. The summed E-state index contributed by atoms with van der Waals surface area (Å²) in [6, 6.07) is 5.82. The summed E-state index contributed by atoms with van der Waals surface area (Å²) in [5.41, 5.74) is 9.02. The smallest absolute Gasteiger partial charge is 0.125 e. The van der Waals surface area contributed by atoms with Crippen molar-refractivity contribution in [3.8, 4) is 11.3 Å². The van der Waals surface area contributed by atoms with Crippen LogP contribution in [0.3, 0.4) is 0 Å². The predicted octanol–water partition coefficient (Wildman–Crippen LogP) is 4.21. The number of halogens is 2. The topological polar surface area (TPSA) is 43.8 Å². The lowest BCUT2D eigenvalue weighted by Crippen LogP contribution is -2.00. The molecule has 2 N–H and O–H groups in total. The van der Waals surface area contributed by atoms with Crippen LogP contribution in [-0.4, -0.2) is 9.78 Å². The van der Waals surface area contributed by atoms with E-state index in [0.29, 0.717) is 16.8 Å². The lowest BCUT2D eigenvalue weighted by atomic mass is 9.99. The third kappa shape index (κ3) is 2.27. The molecule has 0 unspecified atom stereocenters. The van der Waals surface area contributed by atoms with Crippen LogP contribution in [0.2, 0.25) is 5.02 Å². The number of benzene rings is 1. The van der Waals surface area contributed by atoms with E-state index in [1.807, 2.05) is 25.2 Å². The van der Waals surface area contributed by atoms with Gasteiger partial charge in [-0.15, -0.1) is 0 Å². The number of hydrogen-bond donors (Lipinski definition) is 1. The van der Waals surface area contributed by atoms with Crippen molar-refractivity contribution in [2.75, 3.05) is 5.73 Å². The van der Waals surface area contributed by atoms with E-state index in [1.165, 1.54) is 0 Å². The van der Waals surface area contributed by atoms with Crippen molar-refractivity contribution in [2.24, 2.45) is 7.05 Å². The van der Waals surface area contributed by atoms with Crippen LogP contribution in [0.4, 0.5) is 5.82 Å². The van der Waals surface area contributed by atoms with E-state index in [9.17, 15) is 0 Å². The number of anilines is 1. The highest BCUT2D eigenvalue weighted by atomic mass is 79.9. The third-order valence-corrected chi connectivity index (χ3v) is 4.13. The zero-order valence-corrected chi connectivity index (χ0v) is 12.9. The second-order valence-corrected chi connectivity index (χ2v) is 5.82. The molecule has 1 aromatic carbocycles. The van der Waals surface area contributed by atoms with Crippen LogP contribution in [0.25, 0.3) is 11.3 Å². The van der Waals surface area contributed by atoms with Gasteiger partial charge in [0.15, 0.2) is 0 Å². The Balaban J connectivity index is 2.63. The molecular formula is C13H15BrClN3. The number of aryl methyl sites for hydroxylation is 1. The first-order valence-electron chi connectivity index (χ1n) is 5.69. The quantitative estimate of drug-likeness (QED) is 0.897. The van der Waals surface area contributed by atoms with E-state index >= 15 is 0 Å². The zero-order chi connectivity index (χ0) is 13.4. The fourth-order valence-electron chi connectivity index (χ4n) is 1.98. The van der Waals surface area contributed by atoms with Gasteiger partial charge in [-0.25, -0.2) is 0 Å². The van der Waals surface area contributed by atoms with Crippen LogP contribution >= 0.6 is 27.5 Å². The molecular weight excluding hydrogens is 314 g/mol. The Labute approximate surface area is 120 Å². The van der Waals surface area contributed by atoms with Gasteiger partial charge in [0.1, 0.15) is 5.82 Å². The molecule has 0 spiro atoms. The molecule has 0 aliphatic carbocycles. The predicted molar refractivity (Wildman–Crippen MR) is 79.9 cm³/mol. The Morgan fingerprint density at radius 2 is 2.06 bits per heavy atom. The molecule has 96 valence electrons. The molecule has 1 aromatic heterocycles. The van der Waals surface area contributed by atoms with Crippen LogP contribution in [-0.2, 0) is 7.05 Å². The number of nitrogens with zero attached hydrogens (tertiary/aromatic N) is 2. The third-order valence-electron chi connectivity index (χ3n) is 2.90. The number of hydrogen-bond acceptors (Lipinski definition) is 2. The van der Waals surface area contributed by atoms with E-state index < -0.39 is 0 Å². The molecule has 0 radical (unpaired) electrons.